The van der Waals surface area contributed by atoms with Crippen LogP contribution in [0.25, 0.3) is 0 Å². The van der Waals surface area contributed by atoms with Crippen molar-refractivity contribution in [2.45, 2.75) is 69.9 Å². The van der Waals surface area contributed by atoms with Gasteiger partial charge in [0.05, 0.1) is 0 Å². The van der Waals surface area contributed by atoms with Crippen molar-refractivity contribution in [3.63, 3.8) is 0 Å². The Hall–Kier alpha value is -2.89. The van der Waals surface area contributed by atoms with E-state index in [1.54, 1.807) is 17.3 Å². The topological polar surface area (TPSA) is 71.4 Å². The number of pyridine rings is 1. The largest absolute Gasteiger partial charge is 0.349 e. The third-order valence-corrected chi connectivity index (χ3v) is 7.30. The lowest BCUT2D eigenvalue weighted by Gasteiger charge is -2.27. The molecule has 1 N–H and O–H groups in total. The van der Waals surface area contributed by atoms with Gasteiger partial charge in [-0.1, -0.05) is 37.1 Å². The molecule has 1 saturated heterocycles. The van der Waals surface area contributed by atoms with E-state index in [0.717, 1.165) is 57.8 Å². The fourth-order valence-corrected chi connectivity index (χ4v) is 5.52. The van der Waals surface area contributed by atoms with Gasteiger partial charge in [-0.2, -0.15) is 0 Å². The van der Waals surface area contributed by atoms with Crippen LogP contribution in [0.15, 0.2) is 41.5 Å². The lowest BCUT2D eigenvalue weighted by molar-refractivity contribution is 0.0722. The van der Waals surface area contributed by atoms with E-state index in [-0.39, 0.29) is 35.0 Å². The Morgan fingerprint density at radius 2 is 1.47 bits per heavy atom. The van der Waals surface area contributed by atoms with Gasteiger partial charge in [0.2, 0.25) is 5.43 Å². The summed E-state index contributed by atoms with van der Waals surface area (Å²) >= 11 is 0. The molecule has 1 aliphatic heterocycles. The first-order valence-corrected chi connectivity index (χ1v) is 12.0. The molecule has 2 heterocycles. The number of fused-ring (bicyclic) bond motifs is 1. The van der Waals surface area contributed by atoms with E-state index in [4.69, 9.17) is 0 Å². The molecule has 1 aromatic heterocycles. The molecule has 0 unspecified atom stereocenters. The molecule has 0 spiro atoms. The van der Waals surface area contributed by atoms with Crippen molar-refractivity contribution < 1.29 is 9.59 Å². The Balaban J connectivity index is 1.44. The molecule has 0 atom stereocenters. The highest BCUT2D eigenvalue weighted by Gasteiger charge is 2.28. The van der Waals surface area contributed by atoms with E-state index in [1.165, 1.54) is 11.1 Å². The SMILES string of the molecule is O=C(NC1Cc2ccccc2C1)c1cn(C2CCCC2)cc(C(=O)N2CCCCC2)c1=O. The van der Waals surface area contributed by atoms with Crippen molar-refractivity contribution in [3.05, 3.63) is 69.1 Å². The Morgan fingerprint density at radius 1 is 0.844 bits per heavy atom. The second-order valence-electron chi connectivity index (χ2n) is 9.50. The zero-order valence-corrected chi connectivity index (χ0v) is 18.5. The number of benzene rings is 1. The molecule has 6 nitrogen and oxygen atoms in total. The molecule has 2 aliphatic carbocycles. The van der Waals surface area contributed by atoms with E-state index in [1.807, 2.05) is 16.7 Å². The minimum atomic E-state index is -0.442. The zero-order valence-electron chi connectivity index (χ0n) is 18.5. The van der Waals surface area contributed by atoms with Crippen molar-refractivity contribution in [2.24, 2.45) is 0 Å². The minimum absolute atomic E-state index is 0.0271. The fraction of sp³-hybridized carbons (Fsp3) is 0.500. The van der Waals surface area contributed by atoms with Crippen LogP contribution in [-0.2, 0) is 12.8 Å². The van der Waals surface area contributed by atoms with Crippen LogP contribution in [-0.4, -0.2) is 40.4 Å². The van der Waals surface area contributed by atoms with Gasteiger partial charge in [0.1, 0.15) is 11.1 Å². The predicted molar refractivity (Wildman–Crippen MR) is 123 cm³/mol. The average Bonchev–Trinajstić information content (AvgIpc) is 3.49. The van der Waals surface area contributed by atoms with Gasteiger partial charge < -0.3 is 14.8 Å². The van der Waals surface area contributed by atoms with Crippen LogP contribution in [0.1, 0.15) is 82.8 Å². The number of likely N-dealkylation sites (tertiary alicyclic amines) is 1. The summed E-state index contributed by atoms with van der Waals surface area (Å²) in [4.78, 5) is 41.6. The monoisotopic (exact) mass is 433 g/mol. The number of amides is 2. The highest BCUT2D eigenvalue weighted by molar-refractivity contribution is 5.99. The van der Waals surface area contributed by atoms with Crippen molar-refractivity contribution in [2.75, 3.05) is 13.1 Å². The smallest absolute Gasteiger partial charge is 0.259 e. The van der Waals surface area contributed by atoms with Gasteiger partial charge in [0, 0.05) is 37.6 Å². The minimum Gasteiger partial charge on any atom is -0.349 e. The maximum Gasteiger partial charge on any atom is 0.259 e. The number of hydrogen-bond acceptors (Lipinski definition) is 3. The second-order valence-corrected chi connectivity index (χ2v) is 9.50. The molecule has 2 amide bonds. The van der Waals surface area contributed by atoms with Crippen LogP contribution >= 0.6 is 0 Å². The molecule has 1 saturated carbocycles. The van der Waals surface area contributed by atoms with Crippen LogP contribution < -0.4 is 10.7 Å². The number of aromatic nitrogens is 1. The van der Waals surface area contributed by atoms with Crippen LogP contribution in [0, 0.1) is 0 Å². The summed E-state index contributed by atoms with van der Waals surface area (Å²) in [5, 5.41) is 3.07. The summed E-state index contributed by atoms with van der Waals surface area (Å²) < 4.78 is 1.96. The van der Waals surface area contributed by atoms with Gasteiger partial charge >= 0.3 is 0 Å². The van der Waals surface area contributed by atoms with Gasteiger partial charge in [-0.3, -0.25) is 14.4 Å². The molecular formula is C26H31N3O3. The van der Waals surface area contributed by atoms with Gasteiger partial charge in [-0.25, -0.2) is 0 Å². The molecule has 0 bridgehead atoms. The summed E-state index contributed by atoms with van der Waals surface area (Å²) in [5.41, 5.74) is 2.28. The van der Waals surface area contributed by atoms with Crippen LogP contribution in [0.3, 0.4) is 0 Å². The summed E-state index contributed by atoms with van der Waals surface area (Å²) in [6.07, 6.45) is 12.3. The van der Waals surface area contributed by atoms with Gasteiger partial charge in [-0.05, 0) is 56.1 Å². The third-order valence-electron chi connectivity index (χ3n) is 7.30. The van der Waals surface area contributed by atoms with Crippen molar-refractivity contribution in [1.82, 2.24) is 14.8 Å². The highest BCUT2D eigenvalue weighted by Crippen LogP contribution is 2.29. The first-order valence-electron chi connectivity index (χ1n) is 12.0. The Kier molecular flexibility index (Phi) is 5.85. The molecule has 0 radical (unpaired) electrons. The Labute approximate surface area is 188 Å². The summed E-state index contributed by atoms with van der Waals surface area (Å²) in [7, 11) is 0. The molecule has 3 aliphatic rings. The van der Waals surface area contributed by atoms with Gasteiger partial charge in [-0.15, -0.1) is 0 Å². The Morgan fingerprint density at radius 3 is 2.12 bits per heavy atom. The number of carbonyl (C=O) groups excluding carboxylic acids is 2. The third kappa shape index (κ3) is 4.10. The van der Waals surface area contributed by atoms with E-state index >= 15 is 0 Å². The van der Waals surface area contributed by atoms with Crippen molar-refractivity contribution >= 4 is 11.8 Å². The molecule has 1 aromatic carbocycles. The van der Waals surface area contributed by atoms with Crippen LogP contribution in [0.4, 0.5) is 0 Å². The molecule has 2 fully saturated rings. The molecule has 6 heteroatoms. The first kappa shape index (κ1) is 21.0. The standard InChI is InChI=1S/C26H31N3O3/c30-24-22(25(31)27-20-14-18-8-2-3-9-19(18)15-20)16-29(21-10-4-5-11-21)17-23(24)26(32)28-12-6-1-7-13-28/h2-3,8-9,16-17,20-21H,1,4-7,10-15H2,(H,27,31). The number of piperidine rings is 1. The normalized spacial score (nSPS) is 19.2. The zero-order chi connectivity index (χ0) is 22.1. The van der Waals surface area contributed by atoms with Crippen molar-refractivity contribution in [1.29, 1.82) is 0 Å². The number of nitrogens with one attached hydrogen (secondary N) is 1. The van der Waals surface area contributed by atoms with Gasteiger partial charge in [0.15, 0.2) is 0 Å². The van der Waals surface area contributed by atoms with E-state index in [0.29, 0.717) is 13.1 Å². The van der Waals surface area contributed by atoms with Gasteiger partial charge in [0.25, 0.3) is 11.8 Å². The second kappa shape index (κ2) is 8.93. The van der Waals surface area contributed by atoms with E-state index in [2.05, 4.69) is 17.4 Å². The molecule has 2 aromatic rings. The number of rotatable bonds is 4. The number of carbonyl (C=O) groups is 2. The number of nitrogens with zero attached hydrogens (tertiary/aromatic N) is 2. The quantitative estimate of drug-likeness (QED) is 0.802. The summed E-state index contributed by atoms with van der Waals surface area (Å²) in [6, 6.07) is 8.42. The molecule has 5 rings (SSSR count). The van der Waals surface area contributed by atoms with Crippen LogP contribution in [0.5, 0.6) is 0 Å². The predicted octanol–water partition coefficient (Wildman–Crippen LogP) is 3.49. The summed E-state index contributed by atoms with van der Waals surface area (Å²) in [5.74, 6) is -0.600. The number of hydrogen-bond donors (Lipinski definition) is 1. The Bertz CT molecular complexity index is 1050. The van der Waals surface area contributed by atoms with E-state index in [9.17, 15) is 14.4 Å². The molecule has 32 heavy (non-hydrogen) atoms. The molecular weight excluding hydrogens is 402 g/mol. The average molecular weight is 434 g/mol. The van der Waals surface area contributed by atoms with E-state index < -0.39 is 5.43 Å². The maximum absolute atomic E-state index is 13.3. The van der Waals surface area contributed by atoms with Crippen molar-refractivity contribution in [3.8, 4) is 0 Å². The fourth-order valence-electron chi connectivity index (χ4n) is 5.52. The maximum atomic E-state index is 13.3. The first-order chi connectivity index (χ1) is 15.6. The highest BCUT2D eigenvalue weighted by atomic mass is 16.2. The molecule has 168 valence electrons. The lowest BCUT2D eigenvalue weighted by atomic mass is 10.1. The lowest BCUT2D eigenvalue weighted by Crippen LogP contribution is -2.42. The summed E-state index contributed by atoms with van der Waals surface area (Å²) in [6.45, 7) is 1.36. The van der Waals surface area contributed by atoms with Crippen LogP contribution in [0.2, 0.25) is 0 Å².